The van der Waals surface area contributed by atoms with Gasteiger partial charge in [-0.25, -0.2) is 0 Å². The molecular weight excluding hydrogens is 258 g/mol. The van der Waals surface area contributed by atoms with Crippen molar-refractivity contribution in [1.29, 1.82) is 0 Å². The van der Waals surface area contributed by atoms with Crippen LogP contribution in [0, 0.1) is 0 Å². The summed E-state index contributed by atoms with van der Waals surface area (Å²) >= 11 is 7.39. The van der Waals surface area contributed by atoms with Gasteiger partial charge in [-0.2, -0.15) is 0 Å². The van der Waals surface area contributed by atoms with E-state index in [1.165, 1.54) is 11.8 Å². The number of hydrogen-bond donors (Lipinski definition) is 2. The standard InChI is InChI=1S/C12H16ClNO2S/c1-12(2,10(14)11(15)16)17-7-8-4-3-5-9(13)6-8/h3-6,10H,7,14H2,1-2H3,(H,15,16)/t10-/m1/s1. The van der Waals surface area contributed by atoms with Gasteiger partial charge in [0.15, 0.2) is 0 Å². The molecule has 1 atom stereocenters. The molecule has 0 unspecified atom stereocenters. The fraction of sp³-hybridized carbons (Fsp3) is 0.417. The number of thioether (sulfide) groups is 1. The molecule has 5 heteroatoms. The van der Waals surface area contributed by atoms with Gasteiger partial charge < -0.3 is 10.8 Å². The number of hydrogen-bond acceptors (Lipinski definition) is 3. The molecule has 0 aromatic heterocycles. The van der Waals surface area contributed by atoms with Crippen LogP contribution in [-0.4, -0.2) is 21.9 Å². The van der Waals surface area contributed by atoms with Gasteiger partial charge in [-0.05, 0) is 31.5 Å². The molecule has 94 valence electrons. The Hall–Kier alpha value is -0.710. The zero-order valence-electron chi connectivity index (χ0n) is 9.81. The van der Waals surface area contributed by atoms with Crippen LogP contribution < -0.4 is 5.73 Å². The molecule has 0 aliphatic heterocycles. The highest BCUT2D eigenvalue weighted by Crippen LogP contribution is 2.31. The van der Waals surface area contributed by atoms with Crippen LogP contribution in [-0.2, 0) is 10.5 Å². The summed E-state index contributed by atoms with van der Waals surface area (Å²) in [7, 11) is 0. The maximum Gasteiger partial charge on any atom is 0.321 e. The molecule has 0 saturated heterocycles. The molecule has 0 bridgehead atoms. The lowest BCUT2D eigenvalue weighted by atomic mass is 10.1. The number of nitrogens with two attached hydrogens (primary N) is 1. The first-order valence-corrected chi connectivity index (χ1v) is 6.56. The third kappa shape index (κ3) is 4.22. The number of carboxylic acids is 1. The number of halogens is 1. The molecule has 0 fully saturated rings. The average Bonchev–Trinajstić information content (AvgIpc) is 2.25. The zero-order chi connectivity index (χ0) is 13.1. The molecule has 0 aliphatic carbocycles. The van der Waals surface area contributed by atoms with Crippen LogP contribution in [0.25, 0.3) is 0 Å². The van der Waals surface area contributed by atoms with Crippen molar-refractivity contribution in [2.24, 2.45) is 5.73 Å². The van der Waals surface area contributed by atoms with E-state index in [4.69, 9.17) is 22.4 Å². The molecule has 1 aromatic rings. The SMILES string of the molecule is CC(C)(SCc1cccc(Cl)c1)[C@H](N)C(=O)O. The van der Waals surface area contributed by atoms with E-state index >= 15 is 0 Å². The van der Waals surface area contributed by atoms with Gasteiger partial charge in [-0.3, -0.25) is 4.79 Å². The van der Waals surface area contributed by atoms with Gasteiger partial charge >= 0.3 is 5.97 Å². The smallest absolute Gasteiger partial charge is 0.321 e. The van der Waals surface area contributed by atoms with E-state index in [0.29, 0.717) is 10.8 Å². The van der Waals surface area contributed by atoms with Crippen molar-refractivity contribution in [3.63, 3.8) is 0 Å². The lowest BCUT2D eigenvalue weighted by Crippen LogP contribution is -2.46. The Morgan fingerprint density at radius 1 is 1.59 bits per heavy atom. The van der Waals surface area contributed by atoms with Gasteiger partial charge in [0.25, 0.3) is 0 Å². The summed E-state index contributed by atoms with van der Waals surface area (Å²) in [5, 5.41) is 9.58. The molecule has 0 amide bonds. The Morgan fingerprint density at radius 3 is 2.76 bits per heavy atom. The van der Waals surface area contributed by atoms with Gasteiger partial charge in [0.1, 0.15) is 6.04 Å². The fourth-order valence-electron chi connectivity index (χ4n) is 1.28. The first kappa shape index (κ1) is 14.4. The zero-order valence-corrected chi connectivity index (χ0v) is 11.4. The van der Waals surface area contributed by atoms with Crippen LogP contribution in [0.4, 0.5) is 0 Å². The van der Waals surface area contributed by atoms with E-state index in [1.807, 2.05) is 38.1 Å². The van der Waals surface area contributed by atoms with Crippen LogP contribution >= 0.6 is 23.4 Å². The minimum Gasteiger partial charge on any atom is -0.480 e. The Kier molecular flexibility index (Phi) is 4.86. The quantitative estimate of drug-likeness (QED) is 0.866. The molecule has 1 rings (SSSR count). The Balaban J connectivity index is 2.64. The molecule has 0 radical (unpaired) electrons. The Labute approximate surface area is 110 Å². The van der Waals surface area contributed by atoms with Gasteiger partial charge in [0, 0.05) is 15.5 Å². The minimum atomic E-state index is -0.978. The highest BCUT2D eigenvalue weighted by Gasteiger charge is 2.32. The first-order chi connectivity index (χ1) is 7.83. The minimum absolute atomic E-state index is 0.520. The summed E-state index contributed by atoms with van der Waals surface area (Å²) in [5.74, 6) is -0.289. The molecule has 3 N–H and O–H groups in total. The van der Waals surface area contributed by atoms with E-state index < -0.39 is 16.8 Å². The van der Waals surface area contributed by atoms with Crippen molar-refractivity contribution in [2.45, 2.75) is 30.4 Å². The topological polar surface area (TPSA) is 63.3 Å². The third-order valence-electron chi connectivity index (χ3n) is 2.51. The highest BCUT2D eigenvalue weighted by atomic mass is 35.5. The van der Waals surface area contributed by atoms with Crippen LogP contribution in [0.1, 0.15) is 19.4 Å². The van der Waals surface area contributed by atoms with Crippen molar-refractivity contribution in [1.82, 2.24) is 0 Å². The first-order valence-electron chi connectivity index (χ1n) is 5.20. The van der Waals surface area contributed by atoms with E-state index in [0.717, 1.165) is 5.56 Å². The summed E-state index contributed by atoms with van der Waals surface area (Å²) in [5.41, 5.74) is 6.70. The third-order valence-corrected chi connectivity index (χ3v) is 4.23. The maximum atomic E-state index is 10.9. The van der Waals surface area contributed by atoms with Gasteiger partial charge in [0.2, 0.25) is 0 Å². The number of carbonyl (C=O) groups is 1. The van der Waals surface area contributed by atoms with Crippen LogP contribution in [0.2, 0.25) is 5.02 Å². The summed E-state index contributed by atoms with van der Waals surface area (Å²) in [6.07, 6.45) is 0. The second-order valence-corrected chi connectivity index (χ2v) is 6.40. The van der Waals surface area contributed by atoms with Crippen LogP contribution in [0.5, 0.6) is 0 Å². The molecule has 3 nitrogen and oxygen atoms in total. The van der Waals surface area contributed by atoms with Crippen LogP contribution in [0.15, 0.2) is 24.3 Å². The number of rotatable bonds is 5. The monoisotopic (exact) mass is 273 g/mol. The Bertz CT molecular complexity index is 409. The highest BCUT2D eigenvalue weighted by molar-refractivity contribution is 7.99. The van der Waals surface area contributed by atoms with Gasteiger partial charge in [-0.15, -0.1) is 11.8 Å². The number of carboxylic acid groups (broad SMARTS) is 1. The molecule has 0 spiro atoms. The predicted octanol–water partition coefficient (Wildman–Crippen LogP) is 2.76. The number of benzene rings is 1. The molecule has 17 heavy (non-hydrogen) atoms. The molecule has 0 heterocycles. The molecule has 0 saturated carbocycles. The molecular formula is C12H16ClNO2S. The van der Waals surface area contributed by atoms with Crippen molar-refractivity contribution in [3.8, 4) is 0 Å². The largest absolute Gasteiger partial charge is 0.480 e. The van der Waals surface area contributed by atoms with E-state index in [9.17, 15) is 4.79 Å². The lowest BCUT2D eigenvalue weighted by Gasteiger charge is -2.28. The average molecular weight is 274 g/mol. The summed E-state index contributed by atoms with van der Waals surface area (Å²) in [6.45, 7) is 3.67. The van der Waals surface area contributed by atoms with Gasteiger partial charge in [-0.1, -0.05) is 23.7 Å². The maximum absolute atomic E-state index is 10.9. The fourth-order valence-corrected chi connectivity index (χ4v) is 2.49. The van der Waals surface area contributed by atoms with Crippen molar-refractivity contribution in [3.05, 3.63) is 34.9 Å². The lowest BCUT2D eigenvalue weighted by molar-refractivity contribution is -0.139. The van der Waals surface area contributed by atoms with E-state index in [1.54, 1.807) is 0 Å². The van der Waals surface area contributed by atoms with Crippen molar-refractivity contribution in [2.75, 3.05) is 0 Å². The summed E-state index contributed by atoms with van der Waals surface area (Å²) < 4.78 is -0.520. The summed E-state index contributed by atoms with van der Waals surface area (Å²) in [6, 6.07) is 6.64. The molecule has 1 aromatic carbocycles. The van der Waals surface area contributed by atoms with E-state index in [2.05, 4.69) is 0 Å². The molecule has 0 aliphatic rings. The van der Waals surface area contributed by atoms with E-state index in [-0.39, 0.29) is 0 Å². The number of aliphatic carboxylic acids is 1. The second-order valence-electron chi connectivity index (χ2n) is 4.34. The predicted molar refractivity (Wildman–Crippen MR) is 72.4 cm³/mol. The van der Waals surface area contributed by atoms with Crippen molar-refractivity contribution < 1.29 is 9.90 Å². The normalized spacial score (nSPS) is 13.4. The Morgan fingerprint density at radius 2 is 2.24 bits per heavy atom. The summed E-state index contributed by atoms with van der Waals surface area (Å²) in [4.78, 5) is 10.9. The second kappa shape index (κ2) is 5.76. The van der Waals surface area contributed by atoms with Crippen molar-refractivity contribution >= 4 is 29.3 Å². The van der Waals surface area contributed by atoms with Crippen LogP contribution in [0.3, 0.4) is 0 Å². The van der Waals surface area contributed by atoms with Gasteiger partial charge in [0.05, 0.1) is 0 Å².